The van der Waals surface area contributed by atoms with E-state index >= 15 is 0 Å². The molecule has 2 heterocycles. The molecule has 1 aliphatic heterocycles. The van der Waals surface area contributed by atoms with E-state index in [0.717, 1.165) is 37.9 Å². The molecule has 0 atom stereocenters. The number of nitrogens with zero attached hydrogens (tertiary/aromatic N) is 3. The molecule has 0 saturated heterocycles. The molecule has 0 N–H and O–H groups in total. The number of carbonyl (C=O) groups is 1. The lowest BCUT2D eigenvalue weighted by Crippen LogP contribution is -2.28. The highest BCUT2D eigenvalue weighted by Gasteiger charge is 2.17. The van der Waals surface area contributed by atoms with E-state index < -0.39 is 0 Å². The predicted octanol–water partition coefficient (Wildman–Crippen LogP) is 3.92. The van der Waals surface area contributed by atoms with Gasteiger partial charge in [-0.05, 0) is 37.1 Å². The fourth-order valence-electron chi connectivity index (χ4n) is 3.90. The third-order valence-electron chi connectivity index (χ3n) is 5.53. The molecule has 150 valence electrons. The summed E-state index contributed by atoms with van der Waals surface area (Å²) in [6.45, 7) is 0.868. The van der Waals surface area contributed by atoms with Crippen molar-refractivity contribution >= 4 is 16.8 Å². The third kappa shape index (κ3) is 3.92. The molecular formula is C23H24FN3O2. The fraction of sp³-hybridized carbons (Fsp3) is 0.348. The van der Waals surface area contributed by atoms with Crippen molar-refractivity contribution in [3.63, 3.8) is 0 Å². The lowest BCUT2D eigenvalue weighted by atomic mass is 10.1. The van der Waals surface area contributed by atoms with E-state index in [1.807, 2.05) is 0 Å². The van der Waals surface area contributed by atoms with Crippen LogP contribution in [0, 0.1) is 5.82 Å². The molecule has 29 heavy (non-hydrogen) atoms. The first-order valence-electron chi connectivity index (χ1n) is 10.1. The minimum absolute atomic E-state index is 0.0365. The molecule has 0 spiro atoms. The third-order valence-corrected chi connectivity index (χ3v) is 5.53. The summed E-state index contributed by atoms with van der Waals surface area (Å²) in [5, 5.41) is 0.530. The molecule has 0 radical (unpaired) electrons. The van der Waals surface area contributed by atoms with E-state index in [4.69, 9.17) is 4.98 Å². The van der Waals surface area contributed by atoms with Crippen molar-refractivity contribution in [3.8, 4) is 0 Å². The van der Waals surface area contributed by atoms with E-state index in [9.17, 15) is 14.0 Å². The average Bonchev–Trinajstić information content (AvgIpc) is 2.70. The maximum Gasteiger partial charge on any atom is 0.261 e. The van der Waals surface area contributed by atoms with Crippen molar-refractivity contribution in [2.45, 2.75) is 45.2 Å². The number of benzene rings is 2. The van der Waals surface area contributed by atoms with Crippen molar-refractivity contribution in [2.24, 2.45) is 0 Å². The molecule has 1 amide bonds. The molecular weight excluding hydrogens is 369 g/mol. The van der Waals surface area contributed by atoms with Gasteiger partial charge in [-0.1, -0.05) is 31.0 Å². The number of hydrogen-bond acceptors (Lipinski definition) is 3. The number of aromatic nitrogens is 2. The molecule has 6 heteroatoms. The Morgan fingerprint density at radius 2 is 1.93 bits per heavy atom. The maximum atomic E-state index is 13.9. The second-order valence-electron chi connectivity index (χ2n) is 7.63. The minimum Gasteiger partial charge on any atom is -0.337 e. The van der Waals surface area contributed by atoms with Gasteiger partial charge in [0.05, 0.1) is 10.9 Å². The predicted molar refractivity (Wildman–Crippen MR) is 110 cm³/mol. The highest BCUT2D eigenvalue weighted by Crippen LogP contribution is 2.18. The first-order valence-corrected chi connectivity index (χ1v) is 10.1. The van der Waals surface area contributed by atoms with Crippen LogP contribution in [-0.2, 0) is 19.5 Å². The summed E-state index contributed by atoms with van der Waals surface area (Å²) >= 11 is 0. The van der Waals surface area contributed by atoms with Gasteiger partial charge in [0.25, 0.3) is 11.5 Å². The van der Waals surface area contributed by atoms with Crippen molar-refractivity contribution < 1.29 is 9.18 Å². The Morgan fingerprint density at radius 3 is 2.76 bits per heavy atom. The summed E-state index contributed by atoms with van der Waals surface area (Å²) < 4.78 is 15.7. The van der Waals surface area contributed by atoms with Crippen LogP contribution in [0.3, 0.4) is 0 Å². The van der Waals surface area contributed by atoms with Crippen molar-refractivity contribution in [1.82, 2.24) is 14.5 Å². The number of rotatable bonds is 3. The van der Waals surface area contributed by atoms with Crippen LogP contribution in [0.15, 0.2) is 47.3 Å². The topological polar surface area (TPSA) is 55.2 Å². The minimum atomic E-state index is -0.334. The summed E-state index contributed by atoms with van der Waals surface area (Å²) in [6, 6.07) is 11.4. The van der Waals surface area contributed by atoms with Gasteiger partial charge in [0.15, 0.2) is 0 Å². The molecule has 1 aliphatic rings. The summed E-state index contributed by atoms with van der Waals surface area (Å²) in [7, 11) is 1.64. The molecule has 3 aromatic rings. The number of hydrogen-bond donors (Lipinski definition) is 0. The van der Waals surface area contributed by atoms with E-state index in [-0.39, 0.29) is 23.8 Å². The smallest absolute Gasteiger partial charge is 0.261 e. The monoisotopic (exact) mass is 393 g/mol. The lowest BCUT2D eigenvalue weighted by Gasteiger charge is -2.19. The fourth-order valence-corrected chi connectivity index (χ4v) is 3.90. The summed E-state index contributed by atoms with van der Waals surface area (Å²) in [5.74, 6) is 0.231. The van der Waals surface area contributed by atoms with Gasteiger partial charge in [0.2, 0.25) is 0 Å². The van der Waals surface area contributed by atoms with Crippen LogP contribution in [-0.4, -0.2) is 27.4 Å². The first kappa shape index (κ1) is 19.3. The SMILES string of the molecule is CN(Cc1ccccc1F)C(=O)c1ccc2c(=O)n3c(nc2c1)CCCCCC3. The maximum absolute atomic E-state index is 13.9. The van der Waals surface area contributed by atoms with Gasteiger partial charge in [0, 0.05) is 37.7 Å². The Balaban J connectivity index is 1.66. The molecule has 1 aromatic heterocycles. The molecule has 2 aromatic carbocycles. The van der Waals surface area contributed by atoms with Crippen LogP contribution < -0.4 is 5.56 Å². The quantitative estimate of drug-likeness (QED) is 0.678. The largest absolute Gasteiger partial charge is 0.337 e. The van der Waals surface area contributed by atoms with Crippen LogP contribution in [0.4, 0.5) is 4.39 Å². The van der Waals surface area contributed by atoms with Gasteiger partial charge < -0.3 is 4.90 Å². The van der Waals surface area contributed by atoms with Crippen molar-refractivity contribution in [3.05, 3.63) is 75.6 Å². The van der Waals surface area contributed by atoms with Gasteiger partial charge in [-0.15, -0.1) is 0 Å². The molecule has 0 aliphatic carbocycles. The Hall–Kier alpha value is -3.02. The zero-order valence-electron chi connectivity index (χ0n) is 16.5. The normalized spacial score (nSPS) is 14.1. The van der Waals surface area contributed by atoms with Crippen molar-refractivity contribution in [1.29, 1.82) is 0 Å². The zero-order chi connectivity index (χ0) is 20.4. The van der Waals surface area contributed by atoms with E-state index in [1.165, 1.54) is 11.0 Å². The standard InChI is InChI=1S/C23H24FN3O2/c1-26(15-17-8-5-6-9-19(17)24)22(28)16-11-12-18-20(14-16)25-21-10-4-2-3-7-13-27(21)23(18)29/h5-6,8-9,11-12,14H,2-4,7,10,13,15H2,1H3. The highest BCUT2D eigenvalue weighted by molar-refractivity contribution is 5.97. The molecule has 5 nitrogen and oxygen atoms in total. The number of aryl methyl sites for hydroxylation is 1. The Labute approximate surface area is 168 Å². The number of halogens is 1. The number of fused-ring (bicyclic) bond motifs is 2. The summed E-state index contributed by atoms with van der Waals surface area (Å²) in [5.41, 5.74) is 1.42. The Kier molecular flexibility index (Phi) is 5.43. The van der Waals surface area contributed by atoms with Crippen LogP contribution in [0.1, 0.15) is 47.4 Å². The van der Waals surface area contributed by atoms with Gasteiger partial charge in [-0.25, -0.2) is 9.37 Å². The molecule has 0 saturated carbocycles. The van der Waals surface area contributed by atoms with Crippen LogP contribution in [0.25, 0.3) is 10.9 Å². The second kappa shape index (κ2) is 8.15. The molecule has 0 fully saturated rings. The first-order chi connectivity index (χ1) is 14.0. The van der Waals surface area contributed by atoms with Gasteiger partial charge in [-0.2, -0.15) is 0 Å². The van der Waals surface area contributed by atoms with Crippen LogP contribution in [0.5, 0.6) is 0 Å². The van der Waals surface area contributed by atoms with E-state index in [2.05, 4.69) is 0 Å². The summed E-state index contributed by atoms with van der Waals surface area (Å²) in [4.78, 5) is 32.0. The summed E-state index contributed by atoms with van der Waals surface area (Å²) in [6.07, 6.45) is 5.05. The van der Waals surface area contributed by atoms with Crippen molar-refractivity contribution in [2.75, 3.05) is 7.05 Å². The Bertz CT molecular complexity index is 1120. The highest BCUT2D eigenvalue weighted by atomic mass is 19.1. The van der Waals surface area contributed by atoms with E-state index in [0.29, 0.717) is 28.6 Å². The molecule has 0 unspecified atom stereocenters. The van der Waals surface area contributed by atoms with Crippen LogP contribution >= 0.6 is 0 Å². The zero-order valence-corrected chi connectivity index (χ0v) is 16.5. The van der Waals surface area contributed by atoms with Gasteiger partial charge >= 0.3 is 0 Å². The average molecular weight is 393 g/mol. The number of carbonyl (C=O) groups excluding carboxylic acids is 1. The van der Waals surface area contributed by atoms with Gasteiger partial charge in [0.1, 0.15) is 11.6 Å². The van der Waals surface area contributed by atoms with E-state index in [1.54, 1.807) is 48.0 Å². The molecule has 0 bridgehead atoms. The van der Waals surface area contributed by atoms with Gasteiger partial charge in [-0.3, -0.25) is 14.2 Å². The van der Waals surface area contributed by atoms with Crippen LogP contribution in [0.2, 0.25) is 0 Å². The molecule has 4 rings (SSSR count). The second-order valence-corrected chi connectivity index (χ2v) is 7.63. The Morgan fingerprint density at radius 1 is 1.14 bits per heavy atom. The lowest BCUT2D eigenvalue weighted by molar-refractivity contribution is 0.0784. The number of amides is 1.